The molecule has 0 aliphatic rings. The fourth-order valence-electron chi connectivity index (χ4n) is 1.64. The van der Waals surface area contributed by atoms with E-state index in [1.54, 1.807) is 6.07 Å². The van der Waals surface area contributed by atoms with E-state index in [0.29, 0.717) is 10.0 Å². The van der Waals surface area contributed by atoms with Gasteiger partial charge in [-0.1, -0.05) is 33.6 Å². The van der Waals surface area contributed by atoms with Crippen LogP contribution in [0.15, 0.2) is 40.9 Å². The van der Waals surface area contributed by atoms with E-state index in [2.05, 4.69) is 15.9 Å². The van der Waals surface area contributed by atoms with Gasteiger partial charge in [0.2, 0.25) is 0 Å². The van der Waals surface area contributed by atoms with Gasteiger partial charge in [-0.3, -0.25) is 4.79 Å². The van der Waals surface area contributed by atoms with Gasteiger partial charge >= 0.3 is 0 Å². The minimum Gasteiger partial charge on any atom is -0.294 e. The van der Waals surface area contributed by atoms with Gasteiger partial charge in [-0.05, 0) is 35.9 Å². The molecule has 0 atom stereocenters. The molecule has 0 aliphatic carbocycles. The van der Waals surface area contributed by atoms with Crippen molar-refractivity contribution >= 4 is 33.3 Å². The van der Waals surface area contributed by atoms with E-state index in [4.69, 9.17) is 11.6 Å². The Labute approximate surface area is 122 Å². The number of halogens is 4. The first kappa shape index (κ1) is 14.2. The van der Waals surface area contributed by atoms with Crippen molar-refractivity contribution in [3.63, 3.8) is 0 Å². The van der Waals surface area contributed by atoms with Gasteiger partial charge in [-0.2, -0.15) is 0 Å². The van der Waals surface area contributed by atoms with Crippen LogP contribution in [0, 0.1) is 11.6 Å². The zero-order valence-electron chi connectivity index (χ0n) is 9.59. The first-order valence-corrected chi connectivity index (χ1v) is 6.56. The van der Waals surface area contributed by atoms with E-state index in [0.717, 1.165) is 6.07 Å². The van der Waals surface area contributed by atoms with E-state index < -0.39 is 11.6 Å². The Kier molecular flexibility index (Phi) is 4.32. The lowest BCUT2D eigenvalue weighted by molar-refractivity contribution is 0.0992. The number of Topliss-reactive ketones (excluding diaryl/α,β-unsaturated/α-hetero) is 1. The summed E-state index contributed by atoms with van der Waals surface area (Å²) in [4.78, 5) is 12.0. The molecule has 1 nitrogen and oxygen atoms in total. The molecule has 19 heavy (non-hydrogen) atoms. The van der Waals surface area contributed by atoms with Gasteiger partial charge in [0.25, 0.3) is 0 Å². The van der Waals surface area contributed by atoms with Crippen molar-refractivity contribution in [3.8, 4) is 0 Å². The monoisotopic (exact) mass is 344 g/mol. The van der Waals surface area contributed by atoms with Crippen LogP contribution in [-0.4, -0.2) is 5.78 Å². The number of benzene rings is 2. The van der Waals surface area contributed by atoms with Crippen molar-refractivity contribution in [3.05, 3.63) is 68.7 Å². The highest BCUT2D eigenvalue weighted by atomic mass is 79.9. The molecular weight excluding hydrogens is 338 g/mol. The second-order valence-corrected chi connectivity index (χ2v) is 5.23. The van der Waals surface area contributed by atoms with Crippen LogP contribution in [0.25, 0.3) is 0 Å². The summed E-state index contributed by atoms with van der Waals surface area (Å²) in [6, 6.07) is 8.02. The minimum absolute atomic E-state index is 0.00290. The Morgan fingerprint density at radius 3 is 2.58 bits per heavy atom. The summed E-state index contributed by atoms with van der Waals surface area (Å²) in [5, 5.41) is 0.00290. The standard InChI is InChI=1S/C14H8BrClF2O/c15-11-3-2-9(17)7-10(11)14(19)6-8-1-4-12(16)13(18)5-8/h1-5,7H,6H2. The molecule has 98 valence electrons. The quantitative estimate of drug-likeness (QED) is 0.730. The Balaban J connectivity index is 2.25. The van der Waals surface area contributed by atoms with Crippen molar-refractivity contribution in [2.24, 2.45) is 0 Å². The molecule has 0 aliphatic heterocycles. The van der Waals surface area contributed by atoms with Gasteiger partial charge in [-0.25, -0.2) is 8.78 Å². The molecule has 0 heterocycles. The van der Waals surface area contributed by atoms with E-state index in [1.165, 1.54) is 24.3 Å². The zero-order valence-corrected chi connectivity index (χ0v) is 11.9. The Morgan fingerprint density at radius 1 is 1.16 bits per heavy atom. The van der Waals surface area contributed by atoms with Crippen molar-refractivity contribution in [1.82, 2.24) is 0 Å². The van der Waals surface area contributed by atoms with Crippen molar-refractivity contribution in [2.75, 3.05) is 0 Å². The normalized spacial score (nSPS) is 10.5. The molecule has 2 rings (SSSR count). The number of ketones is 1. The van der Waals surface area contributed by atoms with E-state index in [-0.39, 0.29) is 22.8 Å². The summed E-state index contributed by atoms with van der Waals surface area (Å²) in [5.41, 5.74) is 0.721. The average Bonchev–Trinajstić information content (AvgIpc) is 2.36. The van der Waals surface area contributed by atoms with Crippen LogP contribution >= 0.6 is 27.5 Å². The molecule has 0 fully saturated rings. The van der Waals surface area contributed by atoms with Gasteiger partial charge in [0.05, 0.1) is 5.02 Å². The molecule has 0 amide bonds. The van der Waals surface area contributed by atoms with Gasteiger partial charge in [0.1, 0.15) is 11.6 Å². The number of carbonyl (C=O) groups excluding carboxylic acids is 1. The Hall–Kier alpha value is -1.26. The fraction of sp³-hybridized carbons (Fsp3) is 0.0714. The highest BCUT2D eigenvalue weighted by Crippen LogP contribution is 2.21. The summed E-state index contributed by atoms with van der Waals surface area (Å²) >= 11 is 8.75. The molecule has 0 saturated carbocycles. The topological polar surface area (TPSA) is 17.1 Å². The highest BCUT2D eigenvalue weighted by molar-refractivity contribution is 9.10. The third-order valence-corrected chi connectivity index (χ3v) is 3.58. The Morgan fingerprint density at radius 2 is 1.89 bits per heavy atom. The third kappa shape index (κ3) is 3.39. The van der Waals surface area contributed by atoms with Gasteiger partial charge < -0.3 is 0 Å². The number of rotatable bonds is 3. The lowest BCUT2D eigenvalue weighted by atomic mass is 10.0. The van der Waals surface area contributed by atoms with E-state index in [9.17, 15) is 13.6 Å². The molecule has 5 heteroatoms. The number of hydrogen-bond acceptors (Lipinski definition) is 1. The number of hydrogen-bond donors (Lipinski definition) is 0. The fourth-order valence-corrected chi connectivity index (χ4v) is 2.23. The average molecular weight is 346 g/mol. The largest absolute Gasteiger partial charge is 0.294 e. The summed E-state index contributed by atoms with van der Waals surface area (Å²) in [6.07, 6.45) is -0.0177. The van der Waals surface area contributed by atoms with Gasteiger partial charge in [0, 0.05) is 16.5 Å². The lowest BCUT2D eigenvalue weighted by Crippen LogP contribution is -2.05. The molecule has 2 aromatic carbocycles. The summed E-state index contributed by atoms with van der Waals surface area (Å²) in [7, 11) is 0. The molecule has 2 aromatic rings. The molecule has 0 radical (unpaired) electrons. The van der Waals surface area contributed by atoms with Crippen LogP contribution in [0.2, 0.25) is 5.02 Å². The van der Waals surface area contributed by atoms with Crippen molar-refractivity contribution in [2.45, 2.75) is 6.42 Å². The maximum absolute atomic E-state index is 13.3. The SMILES string of the molecule is O=C(Cc1ccc(Cl)c(F)c1)c1cc(F)ccc1Br. The first-order chi connectivity index (χ1) is 8.97. The van der Waals surface area contributed by atoms with Crippen LogP contribution in [-0.2, 0) is 6.42 Å². The van der Waals surface area contributed by atoms with E-state index in [1.807, 2.05) is 0 Å². The molecule has 0 unspecified atom stereocenters. The molecule has 0 bridgehead atoms. The smallest absolute Gasteiger partial charge is 0.168 e. The molecule has 0 N–H and O–H groups in total. The van der Waals surface area contributed by atoms with Gasteiger partial charge in [-0.15, -0.1) is 0 Å². The van der Waals surface area contributed by atoms with Crippen LogP contribution in [0.1, 0.15) is 15.9 Å². The maximum atomic E-state index is 13.3. The molecular formula is C14H8BrClF2O. The Bertz CT molecular complexity index is 643. The van der Waals surface area contributed by atoms with E-state index >= 15 is 0 Å². The second-order valence-electron chi connectivity index (χ2n) is 3.97. The molecule has 0 spiro atoms. The van der Waals surface area contributed by atoms with Gasteiger partial charge in [0.15, 0.2) is 5.78 Å². The number of carbonyl (C=O) groups is 1. The van der Waals surface area contributed by atoms with Crippen LogP contribution in [0.3, 0.4) is 0 Å². The maximum Gasteiger partial charge on any atom is 0.168 e. The predicted octanol–water partition coefficient (Wildman–Crippen LogP) is 4.81. The van der Waals surface area contributed by atoms with Crippen LogP contribution in [0.5, 0.6) is 0 Å². The summed E-state index contributed by atoms with van der Waals surface area (Å²) in [6.45, 7) is 0. The molecule has 0 aromatic heterocycles. The second kappa shape index (κ2) is 5.80. The minimum atomic E-state index is -0.578. The lowest BCUT2D eigenvalue weighted by Gasteiger charge is -2.05. The van der Waals surface area contributed by atoms with Crippen LogP contribution < -0.4 is 0 Å². The predicted molar refractivity (Wildman–Crippen MR) is 73.5 cm³/mol. The first-order valence-electron chi connectivity index (χ1n) is 5.39. The summed E-state index contributed by atoms with van der Waals surface area (Å²) < 4.78 is 26.9. The van der Waals surface area contributed by atoms with Crippen molar-refractivity contribution in [1.29, 1.82) is 0 Å². The summed E-state index contributed by atoms with van der Waals surface area (Å²) in [5.74, 6) is -1.37. The van der Waals surface area contributed by atoms with Crippen molar-refractivity contribution < 1.29 is 13.6 Å². The third-order valence-electron chi connectivity index (χ3n) is 2.58. The van der Waals surface area contributed by atoms with Crippen LogP contribution in [0.4, 0.5) is 8.78 Å². The highest BCUT2D eigenvalue weighted by Gasteiger charge is 2.13. The zero-order chi connectivity index (χ0) is 14.0. The molecule has 0 saturated heterocycles.